The summed E-state index contributed by atoms with van der Waals surface area (Å²) in [6.45, 7) is 3.32. The van der Waals surface area contributed by atoms with Crippen LogP contribution >= 0.6 is 11.3 Å². The number of aromatic nitrogens is 1. The van der Waals surface area contributed by atoms with Gasteiger partial charge in [0.2, 0.25) is 0 Å². The minimum atomic E-state index is -0.946. The number of rotatable bonds is 4. The van der Waals surface area contributed by atoms with Crippen molar-refractivity contribution in [2.75, 3.05) is 0 Å². The summed E-state index contributed by atoms with van der Waals surface area (Å²) in [6.07, 6.45) is -0.122. The first kappa shape index (κ1) is 11.6. The van der Waals surface area contributed by atoms with E-state index in [4.69, 9.17) is 5.11 Å². The molecule has 0 aromatic carbocycles. The van der Waals surface area contributed by atoms with Gasteiger partial charge < -0.3 is 10.4 Å². The van der Waals surface area contributed by atoms with E-state index in [1.54, 1.807) is 24.7 Å². The number of carboxylic acids is 1. The average Bonchev–Trinajstić information content (AvgIpc) is 2.50. The van der Waals surface area contributed by atoms with Crippen LogP contribution in [0, 0.1) is 0 Å². The number of carboxylic acid groups (broad SMARTS) is 1. The third-order valence-corrected chi connectivity index (χ3v) is 2.30. The molecule has 1 aromatic heterocycles. The summed E-state index contributed by atoms with van der Waals surface area (Å²) in [4.78, 5) is 25.9. The Morgan fingerprint density at radius 2 is 2.27 bits per heavy atom. The first-order valence-electron chi connectivity index (χ1n) is 4.33. The van der Waals surface area contributed by atoms with Crippen molar-refractivity contribution >= 4 is 23.2 Å². The van der Waals surface area contributed by atoms with Gasteiger partial charge in [-0.3, -0.25) is 9.59 Å². The zero-order valence-electron chi connectivity index (χ0n) is 8.48. The molecule has 0 saturated carbocycles. The van der Waals surface area contributed by atoms with Crippen molar-refractivity contribution in [1.82, 2.24) is 10.3 Å². The van der Waals surface area contributed by atoms with Crippen LogP contribution in [0.4, 0.5) is 0 Å². The van der Waals surface area contributed by atoms with Gasteiger partial charge in [0.05, 0.1) is 11.9 Å². The molecule has 1 rings (SSSR count). The lowest BCUT2D eigenvalue weighted by molar-refractivity contribution is -0.138. The molecule has 0 radical (unpaired) electrons. The molecule has 82 valence electrons. The number of carbonyl (C=O) groups excluding carboxylic acids is 1. The Labute approximate surface area is 91.1 Å². The lowest BCUT2D eigenvalue weighted by Gasteiger charge is -2.23. The van der Waals surface area contributed by atoms with Crippen molar-refractivity contribution in [1.29, 1.82) is 0 Å². The van der Waals surface area contributed by atoms with Crippen molar-refractivity contribution in [2.45, 2.75) is 25.8 Å². The highest BCUT2D eigenvalue weighted by molar-refractivity contribution is 7.07. The molecule has 1 aromatic rings. The van der Waals surface area contributed by atoms with E-state index in [2.05, 4.69) is 10.3 Å². The molecule has 0 aliphatic heterocycles. The summed E-state index contributed by atoms with van der Waals surface area (Å²) in [5.74, 6) is -1.29. The van der Waals surface area contributed by atoms with E-state index in [-0.39, 0.29) is 12.3 Å². The Morgan fingerprint density at radius 3 is 2.73 bits per heavy atom. The highest BCUT2D eigenvalue weighted by atomic mass is 32.1. The first-order chi connectivity index (χ1) is 6.91. The minimum Gasteiger partial charge on any atom is -0.481 e. The zero-order valence-corrected chi connectivity index (χ0v) is 9.30. The van der Waals surface area contributed by atoms with Crippen molar-refractivity contribution < 1.29 is 14.7 Å². The van der Waals surface area contributed by atoms with Crippen LogP contribution in [0.15, 0.2) is 10.9 Å². The number of amides is 1. The standard InChI is InChI=1S/C9H12N2O3S/c1-9(2,3-7(12)13)11-8(14)6-4-15-5-10-6/h4-5H,3H2,1-2H3,(H,11,14)(H,12,13). The van der Waals surface area contributed by atoms with Gasteiger partial charge >= 0.3 is 5.97 Å². The van der Waals surface area contributed by atoms with E-state index in [1.165, 1.54) is 11.3 Å². The maximum Gasteiger partial charge on any atom is 0.305 e. The highest BCUT2D eigenvalue weighted by Crippen LogP contribution is 2.10. The fourth-order valence-corrected chi connectivity index (χ4v) is 1.65. The van der Waals surface area contributed by atoms with Crippen molar-refractivity contribution in [3.63, 3.8) is 0 Å². The molecule has 2 N–H and O–H groups in total. The summed E-state index contributed by atoms with van der Waals surface area (Å²) in [5.41, 5.74) is 1.10. The van der Waals surface area contributed by atoms with Gasteiger partial charge in [0, 0.05) is 10.9 Å². The Hall–Kier alpha value is -1.43. The van der Waals surface area contributed by atoms with Crippen molar-refractivity contribution in [3.8, 4) is 0 Å². The Morgan fingerprint density at radius 1 is 1.60 bits per heavy atom. The van der Waals surface area contributed by atoms with Crippen LogP contribution in [-0.4, -0.2) is 27.5 Å². The molecule has 1 heterocycles. The fourth-order valence-electron chi connectivity index (χ4n) is 1.12. The van der Waals surface area contributed by atoms with Crippen LogP contribution in [0.3, 0.4) is 0 Å². The third-order valence-electron chi connectivity index (χ3n) is 1.71. The van der Waals surface area contributed by atoms with Gasteiger partial charge in [0.15, 0.2) is 0 Å². The lowest BCUT2D eigenvalue weighted by atomic mass is 10.0. The molecular weight excluding hydrogens is 216 g/mol. The molecule has 0 aliphatic carbocycles. The SMILES string of the molecule is CC(C)(CC(=O)O)NC(=O)c1cscn1. The van der Waals surface area contributed by atoms with E-state index >= 15 is 0 Å². The van der Waals surface area contributed by atoms with E-state index < -0.39 is 11.5 Å². The minimum absolute atomic E-state index is 0.122. The second-order valence-electron chi connectivity index (χ2n) is 3.78. The monoisotopic (exact) mass is 228 g/mol. The van der Waals surface area contributed by atoms with Crippen LogP contribution in [0.25, 0.3) is 0 Å². The molecule has 0 saturated heterocycles. The topological polar surface area (TPSA) is 79.3 Å². The van der Waals surface area contributed by atoms with Crippen LogP contribution in [0.1, 0.15) is 30.8 Å². The largest absolute Gasteiger partial charge is 0.481 e. The predicted molar refractivity (Wildman–Crippen MR) is 55.9 cm³/mol. The van der Waals surface area contributed by atoms with Gasteiger partial charge in [-0.2, -0.15) is 0 Å². The molecule has 0 atom stereocenters. The number of aliphatic carboxylic acids is 1. The third kappa shape index (κ3) is 3.67. The number of hydrogen-bond donors (Lipinski definition) is 2. The molecule has 5 nitrogen and oxygen atoms in total. The first-order valence-corrected chi connectivity index (χ1v) is 5.27. The van der Waals surface area contributed by atoms with E-state index in [1.807, 2.05) is 0 Å². The Balaban J connectivity index is 2.61. The molecular formula is C9H12N2O3S. The van der Waals surface area contributed by atoms with Crippen LogP contribution in [0.2, 0.25) is 0 Å². The Bertz CT molecular complexity index is 359. The van der Waals surface area contributed by atoms with Gasteiger partial charge in [-0.15, -0.1) is 11.3 Å². The fraction of sp³-hybridized carbons (Fsp3) is 0.444. The zero-order chi connectivity index (χ0) is 11.5. The normalized spacial score (nSPS) is 11.1. The lowest BCUT2D eigenvalue weighted by Crippen LogP contribution is -2.45. The summed E-state index contributed by atoms with van der Waals surface area (Å²) < 4.78 is 0. The molecule has 1 amide bonds. The van der Waals surface area contributed by atoms with E-state index in [0.717, 1.165) is 0 Å². The van der Waals surface area contributed by atoms with Crippen LogP contribution in [0.5, 0.6) is 0 Å². The average molecular weight is 228 g/mol. The van der Waals surface area contributed by atoms with Crippen LogP contribution in [-0.2, 0) is 4.79 Å². The quantitative estimate of drug-likeness (QED) is 0.809. The highest BCUT2D eigenvalue weighted by Gasteiger charge is 2.24. The maximum atomic E-state index is 11.5. The van der Waals surface area contributed by atoms with E-state index in [0.29, 0.717) is 5.69 Å². The molecule has 0 spiro atoms. The second kappa shape index (κ2) is 4.39. The van der Waals surface area contributed by atoms with Crippen molar-refractivity contribution in [2.24, 2.45) is 0 Å². The van der Waals surface area contributed by atoms with Gasteiger partial charge in [-0.25, -0.2) is 4.98 Å². The number of thiazole rings is 1. The number of nitrogens with zero attached hydrogens (tertiary/aromatic N) is 1. The molecule has 6 heteroatoms. The van der Waals surface area contributed by atoms with Crippen molar-refractivity contribution in [3.05, 3.63) is 16.6 Å². The predicted octanol–water partition coefficient (Wildman–Crippen LogP) is 1.13. The molecule has 0 unspecified atom stereocenters. The van der Waals surface area contributed by atoms with Gasteiger partial charge in [0.25, 0.3) is 5.91 Å². The molecule has 0 bridgehead atoms. The van der Waals surface area contributed by atoms with Gasteiger partial charge in [0.1, 0.15) is 5.69 Å². The van der Waals surface area contributed by atoms with E-state index in [9.17, 15) is 9.59 Å². The summed E-state index contributed by atoms with van der Waals surface area (Å²) in [6, 6.07) is 0. The van der Waals surface area contributed by atoms with Gasteiger partial charge in [-0.05, 0) is 13.8 Å². The summed E-state index contributed by atoms with van der Waals surface area (Å²) in [5, 5.41) is 12.9. The smallest absolute Gasteiger partial charge is 0.305 e. The summed E-state index contributed by atoms with van der Waals surface area (Å²) >= 11 is 1.32. The second-order valence-corrected chi connectivity index (χ2v) is 4.50. The molecule has 0 aliphatic rings. The molecule has 0 fully saturated rings. The number of nitrogens with one attached hydrogen (secondary N) is 1. The Kier molecular flexibility index (Phi) is 3.41. The maximum absolute atomic E-state index is 11.5. The van der Waals surface area contributed by atoms with Gasteiger partial charge in [-0.1, -0.05) is 0 Å². The number of hydrogen-bond acceptors (Lipinski definition) is 4. The summed E-state index contributed by atoms with van der Waals surface area (Å²) in [7, 11) is 0. The number of carbonyl (C=O) groups is 2. The van der Waals surface area contributed by atoms with Crippen LogP contribution < -0.4 is 5.32 Å². The molecule has 15 heavy (non-hydrogen) atoms.